The summed E-state index contributed by atoms with van der Waals surface area (Å²) >= 11 is 0. The van der Waals surface area contributed by atoms with Crippen LogP contribution in [0.4, 0.5) is 4.39 Å². The summed E-state index contributed by atoms with van der Waals surface area (Å²) in [5.41, 5.74) is 3.62. The molecule has 1 aromatic heterocycles. The molecule has 1 aromatic carbocycles. The van der Waals surface area contributed by atoms with Crippen LogP contribution in [-0.4, -0.2) is 10.1 Å². The summed E-state index contributed by atoms with van der Waals surface area (Å²) in [5, 5.41) is 10.5. The van der Waals surface area contributed by atoms with Crippen molar-refractivity contribution >= 4 is 0 Å². The van der Waals surface area contributed by atoms with Crippen molar-refractivity contribution in [1.29, 1.82) is 0 Å². The highest BCUT2D eigenvalue weighted by Gasteiger charge is 2.30. The molecule has 2 nitrogen and oxygen atoms in total. The lowest BCUT2D eigenvalue weighted by Crippen LogP contribution is -2.10. The lowest BCUT2D eigenvalue weighted by molar-refractivity contribution is 0.143. The molecule has 0 radical (unpaired) electrons. The van der Waals surface area contributed by atoms with Gasteiger partial charge in [-0.1, -0.05) is 12.1 Å². The second-order valence-electron chi connectivity index (χ2n) is 5.20. The van der Waals surface area contributed by atoms with E-state index in [1.165, 1.54) is 17.7 Å². The predicted molar refractivity (Wildman–Crippen MR) is 71.4 cm³/mol. The van der Waals surface area contributed by atoms with Gasteiger partial charge in [0.15, 0.2) is 0 Å². The first kappa shape index (κ1) is 12.3. The number of halogens is 1. The zero-order valence-corrected chi connectivity index (χ0v) is 10.8. The number of fused-ring (bicyclic) bond motifs is 1. The van der Waals surface area contributed by atoms with Crippen LogP contribution in [0.25, 0.3) is 0 Å². The zero-order valence-electron chi connectivity index (χ0n) is 10.8. The van der Waals surface area contributed by atoms with Gasteiger partial charge in [0, 0.05) is 17.8 Å². The Balaban J connectivity index is 1.95. The average molecular weight is 257 g/mol. The summed E-state index contributed by atoms with van der Waals surface area (Å²) < 4.78 is 13.4. The van der Waals surface area contributed by atoms with E-state index in [4.69, 9.17) is 0 Å². The standard InChI is InChI=1S/C16H16FNO/c1-10-7-12(9-13(17)8-10)16(19)14-5-4-11-3-2-6-18-15(11)14/h2-3,6-9,14,16,19H,4-5H2,1H3. The largest absolute Gasteiger partial charge is 0.388 e. The number of hydrogen-bond acceptors (Lipinski definition) is 2. The SMILES string of the molecule is Cc1cc(F)cc(C(O)C2CCc3cccnc32)c1. The summed E-state index contributed by atoms with van der Waals surface area (Å²) in [6.07, 6.45) is 2.86. The minimum atomic E-state index is -0.689. The van der Waals surface area contributed by atoms with Crippen molar-refractivity contribution in [2.75, 3.05) is 0 Å². The number of benzene rings is 1. The van der Waals surface area contributed by atoms with E-state index in [-0.39, 0.29) is 11.7 Å². The number of aliphatic hydroxyl groups excluding tert-OH is 1. The minimum Gasteiger partial charge on any atom is -0.388 e. The van der Waals surface area contributed by atoms with Gasteiger partial charge in [0.25, 0.3) is 0 Å². The highest BCUT2D eigenvalue weighted by atomic mass is 19.1. The molecule has 0 fully saturated rings. The molecule has 0 aliphatic heterocycles. The molecule has 0 spiro atoms. The third-order valence-electron chi connectivity index (χ3n) is 3.79. The second kappa shape index (κ2) is 4.74. The Morgan fingerprint density at radius 2 is 2.21 bits per heavy atom. The molecular weight excluding hydrogens is 241 g/mol. The van der Waals surface area contributed by atoms with Gasteiger partial charge in [-0.3, -0.25) is 4.98 Å². The molecule has 1 N–H and O–H groups in total. The van der Waals surface area contributed by atoms with Gasteiger partial charge in [-0.15, -0.1) is 0 Å². The van der Waals surface area contributed by atoms with Crippen molar-refractivity contribution in [3.05, 3.63) is 64.7 Å². The smallest absolute Gasteiger partial charge is 0.123 e. The van der Waals surface area contributed by atoms with E-state index in [2.05, 4.69) is 4.98 Å². The van der Waals surface area contributed by atoms with Crippen molar-refractivity contribution in [1.82, 2.24) is 4.98 Å². The van der Waals surface area contributed by atoms with E-state index in [0.717, 1.165) is 24.1 Å². The molecule has 2 atom stereocenters. The third-order valence-corrected chi connectivity index (χ3v) is 3.79. The second-order valence-corrected chi connectivity index (χ2v) is 5.20. The van der Waals surface area contributed by atoms with E-state index in [1.54, 1.807) is 6.20 Å². The molecule has 2 aromatic rings. The first-order valence-corrected chi connectivity index (χ1v) is 6.54. The Hall–Kier alpha value is -1.74. The highest BCUT2D eigenvalue weighted by Crippen LogP contribution is 2.40. The van der Waals surface area contributed by atoms with Crippen molar-refractivity contribution in [2.45, 2.75) is 31.8 Å². The molecule has 3 heteroatoms. The Labute approximate surface area is 111 Å². The number of nitrogens with zero attached hydrogens (tertiary/aromatic N) is 1. The maximum absolute atomic E-state index is 13.4. The number of pyridine rings is 1. The molecule has 3 rings (SSSR count). The Morgan fingerprint density at radius 3 is 3.00 bits per heavy atom. The molecule has 0 saturated carbocycles. The van der Waals surface area contributed by atoms with Crippen molar-refractivity contribution in [2.24, 2.45) is 0 Å². The summed E-state index contributed by atoms with van der Waals surface area (Å²) in [5.74, 6) is -0.328. The molecule has 98 valence electrons. The monoisotopic (exact) mass is 257 g/mol. The number of aromatic nitrogens is 1. The van der Waals surface area contributed by atoms with Gasteiger partial charge in [-0.05, 0) is 54.7 Å². The molecule has 19 heavy (non-hydrogen) atoms. The van der Waals surface area contributed by atoms with Crippen LogP contribution in [0.3, 0.4) is 0 Å². The number of rotatable bonds is 2. The van der Waals surface area contributed by atoms with E-state index < -0.39 is 6.10 Å². The number of aryl methyl sites for hydroxylation is 2. The topological polar surface area (TPSA) is 33.1 Å². The Bertz CT molecular complexity index is 591. The van der Waals surface area contributed by atoms with Crippen LogP contribution in [0.2, 0.25) is 0 Å². The molecule has 0 amide bonds. The van der Waals surface area contributed by atoms with Crippen LogP contribution in [0.1, 0.15) is 40.8 Å². The fraction of sp³-hybridized carbons (Fsp3) is 0.312. The van der Waals surface area contributed by atoms with Gasteiger partial charge in [0.1, 0.15) is 5.82 Å². The molecule has 2 unspecified atom stereocenters. The fourth-order valence-corrected chi connectivity index (χ4v) is 2.92. The van der Waals surface area contributed by atoms with Crippen molar-refractivity contribution < 1.29 is 9.50 Å². The summed E-state index contributed by atoms with van der Waals surface area (Å²) in [4.78, 5) is 4.38. The average Bonchev–Trinajstić information content (AvgIpc) is 2.80. The number of hydrogen-bond donors (Lipinski definition) is 1. The Kier molecular flexibility index (Phi) is 3.07. The van der Waals surface area contributed by atoms with Crippen LogP contribution in [-0.2, 0) is 6.42 Å². The Morgan fingerprint density at radius 1 is 1.37 bits per heavy atom. The maximum Gasteiger partial charge on any atom is 0.123 e. The minimum absolute atomic E-state index is 0.0302. The van der Waals surface area contributed by atoms with E-state index in [9.17, 15) is 9.50 Å². The predicted octanol–water partition coefficient (Wildman–Crippen LogP) is 3.29. The molecule has 1 heterocycles. The van der Waals surface area contributed by atoms with Crippen LogP contribution in [0, 0.1) is 12.7 Å². The van der Waals surface area contributed by atoms with Crippen molar-refractivity contribution in [3.63, 3.8) is 0 Å². The van der Waals surface area contributed by atoms with E-state index in [0.29, 0.717) is 5.56 Å². The molecule has 1 aliphatic carbocycles. The van der Waals surface area contributed by atoms with Crippen LogP contribution >= 0.6 is 0 Å². The summed E-state index contributed by atoms with van der Waals surface area (Å²) in [6, 6.07) is 8.69. The maximum atomic E-state index is 13.4. The molecule has 0 bridgehead atoms. The first-order chi connectivity index (χ1) is 9.15. The zero-order chi connectivity index (χ0) is 13.4. The number of aliphatic hydroxyl groups is 1. The van der Waals surface area contributed by atoms with Crippen molar-refractivity contribution in [3.8, 4) is 0 Å². The van der Waals surface area contributed by atoms with E-state index >= 15 is 0 Å². The lowest BCUT2D eigenvalue weighted by Gasteiger charge is -2.19. The van der Waals surface area contributed by atoms with Gasteiger partial charge in [0.2, 0.25) is 0 Å². The summed E-state index contributed by atoms with van der Waals surface area (Å²) in [6.45, 7) is 1.83. The quantitative estimate of drug-likeness (QED) is 0.895. The lowest BCUT2D eigenvalue weighted by atomic mass is 9.92. The summed E-state index contributed by atoms with van der Waals surface area (Å²) in [7, 11) is 0. The molecule has 1 aliphatic rings. The van der Waals surface area contributed by atoms with Crippen LogP contribution < -0.4 is 0 Å². The fourth-order valence-electron chi connectivity index (χ4n) is 2.92. The van der Waals surface area contributed by atoms with E-state index in [1.807, 2.05) is 25.1 Å². The third kappa shape index (κ3) is 2.26. The molecular formula is C16H16FNO. The normalized spacial score (nSPS) is 19.2. The highest BCUT2D eigenvalue weighted by molar-refractivity contribution is 5.34. The van der Waals surface area contributed by atoms with Gasteiger partial charge in [-0.2, -0.15) is 0 Å². The van der Waals surface area contributed by atoms with Crippen LogP contribution in [0.5, 0.6) is 0 Å². The van der Waals surface area contributed by atoms with Gasteiger partial charge in [0.05, 0.1) is 6.10 Å². The van der Waals surface area contributed by atoms with Gasteiger partial charge >= 0.3 is 0 Å². The van der Waals surface area contributed by atoms with Gasteiger partial charge in [-0.25, -0.2) is 4.39 Å². The first-order valence-electron chi connectivity index (χ1n) is 6.54. The molecule has 0 saturated heterocycles. The van der Waals surface area contributed by atoms with Gasteiger partial charge < -0.3 is 5.11 Å². The van der Waals surface area contributed by atoms with Crippen LogP contribution in [0.15, 0.2) is 36.5 Å².